The van der Waals surface area contributed by atoms with E-state index in [1.807, 2.05) is 25.1 Å². The second kappa shape index (κ2) is 4.78. The van der Waals surface area contributed by atoms with Crippen LogP contribution in [0.15, 0.2) is 18.2 Å². The molecule has 0 aliphatic carbocycles. The van der Waals surface area contributed by atoms with Gasteiger partial charge in [-0.05, 0) is 25.1 Å². The van der Waals surface area contributed by atoms with Crippen molar-refractivity contribution in [3.8, 4) is 0 Å². The minimum Gasteiger partial charge on any atom is -0.450 e. The first-order valence-electron chi connectivity index (χ1n) is 6.39. The zero-order valence-electron chi connectivity index (χ0n) is 10.7. The number of rotatable bonds is 1. The van der Waals surface area contributed by atoms with Crippen molar-refractivity contribution in [3.05, 3.63) is 34.5 Å². The lowest BCUT2D eigenvalue weighted by Gasteiger charge is -2.26. The average molecular weight is 279 g/mol. The minimum absolute atomic E-state index is 0.246. The first-order valence-corrected chi connectivity index (χ1v) is 6.77. The van der Waals surface area contributed by atoms with Gasteiger partial charge in [-0.1, -0.05) is 11.6 Å². The van der Waals surface area contributed by atoms with E-state index in [1.54, 1.807) is 4.90 Å². The predicted octanol–water partition coefficient (Wildman–Crippen LogP) is 3.34. The van der Waals surface area contributed by atoms with E-state index in [1.165, 1.54) is 5.69 Å². The topological polar surface area (TPSA) is 45.3 Å². The average Bonchev–Trinajstić information content (AvgIpc) is 2.76. The first kappa shape index (κ1) is 12.4. The van der Waals surface area contributed by atoms with Crippen molar-refractivity contribution >= 4 is 28.6 Å². The van der Waals surface area contributed by atoms with Gasteiger partial charge < -0.3 is 14.6 Å². The van der Waals surface area contributed by atoms with Crippen LogP contribution >= 0.6 is 11.6 Å². The summed E-state index contributed by atoms with van der Waals surface area (Å²) in [5.74, 6) is 0. The molecule has 1 amide bonds. The van der Waals surface area contributed by atoms with E-state index in [-0.39, 0.29) is 6.09 Å². The molecule has 0 saturated carbocycles. The molecule has 1 N–H and O–H groups in total. The van der Waals surface area contributed by atoms with Gasteiger partial charge in [0.15, 0.2) is 0 Å². The number of nitrogens with zero attached hydrogens (tertiary/aromatic N) is 1. The van der Waals surface area contributed by atoms with Gasteiger partial charge in [0.2, 0.25) is 0 Å². The highest BCUT2D eigenvalue weighted by atomic mass is 35.5. The number of aromatic nitrogens is 1. The van der Waals surface area contributed by atoms with Crippen molar-refractivity contribution in [1.82, 2.24) is 9.88 Å². The maximum atomic E-state index is 11.8. The zero-order chi connectivity index (χ0) is 13.4. The van der Waals surface area contributed by atoms with E-state index >= 15 is 0 Å². The van der Waals surface area contributed by atoms with Crippen LogP contribution in [0.2, 0.25) is 5.02 Å². The summed E-state index contributed by atoms with van der Waals surface area (Å²) in [6, 6.07) is 5.79. The van der Waals surface area contributed by atoms with Crippen LogP contribution in [0.4, 0.5) is 4.79 Å². The molecule has 4 nitrogen and oxygen atoms in total. The molecule has 0 unspecified atom stereocenters. The van der Waals surface area contributed by atoms with Crippen LogP contribution in [0.5, 0.6) is 0 Å². The van der Waals surface area contributed by atoms with Gasteiger partial charge in [-0.2, -0.15) is 0 Å². The fraction of sp³-hybridized carbons (Fsp3) is 0.357. The van der Waals surface area contributed by atoms with E-state index in [2.05, 4.69) is 4.98 Å². The fourth-order valence-electron chi connectivity index (χ4n) is 2.56. The lowest BCUT2D eigenvalue weighted by atomic mass is 10.1. The number of hydrogen-bond donors (Lipinski definition) is 1. The molecule has 0 spiro atoms. The van der Waals surface area contributed by atoms with E-state index in [0.717, 1.165) is 22.9 Å². The molecule has 0 atom stereocenters. The molecule has 1 aromatic carbocycles. The third-order valence-corrected chi connectivity index (χ3v) is 3.70. The summed E-state index contributed by atoms with van der Waals surface area (Å²) in [6.07, 6.45) is 0.574. The summed E-state index contributed by atoms with van der Waals surface area (Å²) >= 11 is 6.05. The summed E-state index contributed by atoms with van der Waals surface area (Å²) in [7, 11) is 0. The van der Waals surface area contributed by atoms with Crippen molar-refractivity contribution in [1.29, 1.82) is 0 Å². The zero-order valence-corrected chi connectivity index (χ0v) is 11.5. The number of fused-ring (bicyclic) bond motifs is 3. The third kappa shape index (κ3) is 2.16. The van der Waals surface area contributed by atoms with Crippen LogP contribution in [0.3, 0.4) is 0 Å². The van der Waals surface area contributed by atoms with Crippen molar-refractivity contribution in [2.45, 2.75) is 19.9 Å². The maximum Gasteiger partial charge on any atom is 0.410 e. The molecule has 0 radical (unpaired) electrons. The highest BCUT2D eigenvalue weighted by Gasteiger charge is 2.24. The number of nitrogens with one attached hydrogen (secondary N) is 1. The van der Waals surface area contributed by atoms with Crippen molar-refractivity contribution in [2.75, 3.05) is 13.2 Å². The van der Waals surface area contributed by atoms with Crippen LogP contribution in [0.1, 0.15) is 18.2 Å². The SMILES string of the molecule is CCOC(=O)N1CCc2[nH]c3ccc(Cl)cc3c2C1. The molecule has 0 saturated heterocycles. The summed E-state index contributed by atoms with van der Waals surface area (Å²) in [5, 5.41) is 1.80. The molecule has 1 aliphatic heterocycles. The number of ether oxygens (including phenoxy) is 1. The van der Waals surface area contributed by atoms with E-state index in [4.69, 9.17) is 16.3 Å². The van der Waals surface area contributed by atoms with Crippen molar-refractivity contribution in [2.24, 2.45) is 0 Å². The highest BCUT2D eigenvalue weighted by Crippen LogP contribution is 2.29. The Kier molecular flexibility index (Phi) is 3.11. The lowest BCUT2D eigenvalue weighted by Crippen LogP contribution is -2.36. The molecule has 0 fully saturated rings. The monoisotopic (exact) mass is 278 g/mol. The minimum atomic E-state index is -0.246. The number of aromatic amines is 1. The Labute approximate surface area is 116 Å². The number of hydrogen-bond acceptors (Lipinski definition) is 2. The quantitative estimate of drug-likeness (QED) is 0.869. The normalized spacial score (nSPS) is 14.5. The van der Waals surface area contributed by atoms with E-state index in [9.17, 15) is 4.79 Å². The predicted molar refractivity (Wildman–Crippen MR) is 74.4 cm³/mol. The van der Waals surface area contributed by atoms with Gasteiger partial charge >= 0.3 is 6.09 Å². The Hall–Kier alpha value is -1.68. The second-order valence-corrected chi connectivity index (χ2v) is 5.08. The van der Waals surface area contributed by atoms with Gasteiger partial charge in [-0.3, -0.25) is 0 Å². The van der Waals surface area contributed by atoms with Crippen LogP contribution in [0.25, 0.3) is 10.9 Å². The molecule has 1 aliphatic rings. The van der Waals surface area contributed by atoms with Crippen LogP contribution in [-0.4, -0.2) is 29.1 Å². The van der Waals surface area contributed by atoms with Gasteiger partial charge in [-0.25, -0.2) is 4.79 Å². The highest BCUT2D eigenvalue weighted by molar-refractivity contribution is 6.31. The summed E-state index contributed by atoms with van der Waals surface area (Å²) in [4.78, 5) is 16.9. The standard InChI is InChI=1S/C14H15ClN2O2/c1-2-19-14(18)17-6-5-13-11(8-17)10-7-9(15)3-4-12(10)16-13/h3-4,7,16H,2,5-6,8H2,1H3. The molecule has 5 heteroatoms. The van der Waals surface area contributed by atoms with Crippen molar-refractivity contribution in [3.63, 3.8) is 0 Å². The van der Waals surface area contributed by atoms with Crippen LogP contribution in [0, 0.1) is 0 Å². The fourth-order valence-corrected chi connectivity index (χ4v) is 2.73. The molecular formula is C14H15ClN2O2. The molecule has 2 aromatic rings. The molecule has 100 valence electrons. The van der Waals surface area contributed by atoms with Crippen LogP contribution in [-0.2, 0) is 17.7 Å². The number of halogens is 1. The van der Waals surface area contributed by atoms with Crippen LogP contribution < -0.4 is 0 Å². The Morgan fingerprint density at radius 1 is 1.53 bits per heavy atom. The molecule has 2 heterocycles. The number of H-pyrrole nitrogens is 1. The smallest absolute Gasteiger partial charge is 0.410 e. The summed E-state index contributed by atoms with van der Waals surface area (Å²) in [5.41, 5.74) is 3.41. The Morgan fingerprint density at radius 3 is 3.16 bits per heavy atom. The van der Waals surface area contributed by atoms with Gasteiger partial charge in [0, 0.05) is 40.1 Å². The lowest BCUT2D eigenvalue weighted by molar-refractivity contribution is 0.103. The van der Waals surface area contributed by atoms with Crippen molar-refractivity contribution < 1.29 is 9.53 Å². The van der Waals surface area contributed by atoms with E-state index in [0.29, 0.717) is 24.7 Å². The van der Waals surface area contributed by atoms with Gasteiger partial charge in [0.05, 0.1) is 13.2 Å². The molecule has 1 aromatic heterocycles. The molecular weight excluding hydrogens is 264 g/mol. The maximum absolute atomic E-state index is 11.8. The van der Waals surface area contributed by atoms with Gasteiger partial charge in [-0.15, -0.1) is 0 Å². The number of amides is 1. The Bertz CT molecular complexity index is 636. The summed E-state index contributed by atoms with van der Waals surface area (Å²) in [6.45, 7) is 3.49. The molecule has 19 heavy (non-hydrogen) atoms. The Morgan fingerprint density at radius 2 is 2.37 bits per heavy atom. The number of carbonyl (C=O) groups is 1. The van der Waals surface area contributed by atoms with E-state index < -0.39 is 0 Å². The number of carbonyl (C=O) groups excluding carboxylic acids is 1. The van der Waals surface area contributed by atoms with Gasteiger partial charge in [0.25, 0.3) is 0 Å². The Balaban J connectivity index is 1.97. The largest absolute Gasteiger partial charge is 0.450 e. The first-order chi connectivity index (χ1) is 9.19. The molecule has 3 rings (SSSR count). The molecule has 0 bridgehead atoms. The second-order valence-electron chi connectivity index (χ2n) is 4.64. The third-order valence-electron chi connectivity index (χ3n) is 3.46. The van der Waals surface area contributed by atoms with Gasteiger partial charge in [0.1, 0.15) is 0 Å². The number of benzene rings is 1. The summed E-state index contributed by atoms with van der Waals surface area (Å²) < 4.78 is 5.06.